The number of amides is 1. The summed E-state index contributed by atoms with van der Waals surface area (Å²) < 4.78 is 19.3. The van der Waals surface area contributed by atoms with Gasteiger partial charge in [0.25, 0.3) is 5.91 Å². The molecule has 1 fully saturated rings. The summed E-state index contributed by atoms with van der Waals surface area (Å²) >= 11 is 0. The number of benzene rings is 2. The molecule has 2 aromatic carbocycles. The number of anilines is 1. The molecule has 1 aliphatic rings. The van der Waals surface area contributed by atoms with Crippen molar-refractivity contribution in [1.29, 1.82) is 0 Å². The number of halogens is 1. The topological polar surface area (TPSA) is 74.8 Å². The Balaban J connectivity index is 1.55. The molecule has 1 heterocycles. The van der Waals surface area contributed by atoms with Gasteiger partial charge in [-0.3, -0.25) is 9.79 Å². The Morgan fingerprint density at radius 2 is 2.13 bits per heavy atom. The highest BCUT2D eigenvalue weighted by atomic mass is 19.1. The maximum atomic E-state index is 13.8. The van der Waals surface area contributed by atoms with Gasteiger partial charge < -0.3 is 20.7 Å². The molecule has 2 atom stereocenters. The maximum Gasteiger partial charge on any atom is 0.253 e. The van der Waals surface area contributed by atoms with Crippen molar-refractivity contribution < 1.29 is 13.9 Å². The van der Waals surface area contributed by atoms with E-state index in [-0.39, 0.29) is 23.9 Å². The van der Waals surface area contributed by atoms with Crippen molar-refractivity contribution in [2.24, 2.45) is 4.99 Å². The minimum Gasteiger partial charge on any atom is -0.368 e. The second-order valence-electron chi connectivity index (χ2n) is 7.49. The molecule has 30 heavy (non-hydrogen) atoms. The monoisotopic (exact) mass is 412 g/mol. The van der Waals surface area contributed by atoms with Crippen LogP contribution >= 0.6 is 0 Å². The molecular weight excluding hydrogens is 383 g/mol. The summed E-state index contributed by atoms with van der Waals surface area (Å²) in [4.78, 5) is 16.5. The average Bonchev–Trinajstić information content (AvgIpc) is 3.28. The minimum atomic E-state index is -0.358. The number of hydrogen-bond acceptors (Lipinski definition) is 3. The Bertz CT molecular complexity index is 910. The van der Waals surface area contributed by atoms with E-state index in [0.29, 0.717) is 24.7 Å². The molecule has 1 amide bonds. The van der Waals surface area contributed by atoms with Crippen LogP contribution in [0.25, 0.3) is 0 Å². The highest BCUT2D eigenvalue weighted by Gasteiger charge is 2.23. The molecule has 3 rings (SSSR count). The summed E-state index contributed by atoms with van der Waals surface area (Å²) in [5, 5.41) is 9.44. The van der Waals surface area contributed by atoms with Crippen molar-refractivity contribution in [3.63, 3.8) is 0 Å². The van der Waals surface area contributed by atoms with Crippen LogP contribution in [0.5, 0.6) is 0 Å². The molecule has 2 unspecified atom stereocenters. The summed E-state index contributed by atoms with van der Waals surface area (Å²) in [7, 11) is 1.69. The predicted molar refractivity (Wildman–Crippen MR) is 117 cm³/mol. The maximum absolute atomic E-state index is 13.8. The summed E-state index contributed by atoms with van der Waals surface area (Å²) in [6.45, 7) is 4.87. The van der Waals surface area contributed by atoms with Crippen molar-refractivity contribution >= 4 is 17.6 Å². The first kappa shape index (κ1) is 21.8. The standard InChI is InChI=1S/C23H29FN4O2/c1-15-9-10-18(13-20(15)24)16(2)27-23(25-3)26-14-17-6-4-7-19(12-17)28-22(29)21-8-5-11-30-21/h4,6-7,9-10,12-13,16,21H,5,8,11,14H2,1-3H3,(H,28,29)(H2,25,26,27). The molecule has 1 saturated heterocycles. The number of ether oxygens (including phenoxy) is 1. The highest BCUT2D eigenvalue weighted by molar-refractivity contribution is 5.94. The molecular formula is C23H29FN4O2. The molecule has 6 nitrogen and oxygen atoms in total. The SMILES string of the molecule is CN=C(NCc1cccc(NC(=O)C2CCCO2)c1)NC(C)c1ccc(C)c(F)c1. The fraction of sp³-hybridized carbons (Fsp3) is 0.391. The van der Waals surface area contributed by atoms with Gasteiger partial charge in [0, 0.05) is 25.9 Å². The number of hydrogen-bond donors (Lipinski definition) is 3. The van der Waals surface area contributed by atoms with Crippen LogP contribution in [-0.2, 0) is 16.1 Å². The lowest BCUT2D eigenvalue weighted by Crippen LogP contribution is -2.38. The van der Waals surface area contributed by atoms with E-state index in [1.54, 1.807) is 26.1 Å². The number of rotatable bonds is 6. The Hall–Kier alpha value is -2.93. The molecule has 7 heteroatoms. The third-order valence-electron chi connectivity index (χ3n) is 5.15. The van der Waals surface area contributed by atoms with E-state index in [2.05, 4.69) is 20.9 Å². The van der Waals surface area contributed by atoms with Crippen molar-refractivity contribution in [2.75, 3.05) is 19.0 Å². The van der Waals surface area contributed by atoms with Gasteiger partial charge in [0.15, 0.2) is 5.96 Å². The lowest BCUT2D eigenvalue weighted by Gasteiger charge is -2.19. The van der Waals surface area contributed by atoms with E-state index in [4.69, 9.17) is 4.74 Å². The van der Waals surface area contributed by atoms with Crippen LogP contribution in [0.3, 0.4) is 0 Å². The molecule has 1 aliphatic heterocycles. The first-order chi connectivity index (χ1) is 14.5. The fourth-order valence-electron chi connectivity index (χ4n) is 3.31. The number of nitrogens with one attached hydrogen (secondary N) is 3. The number of carbonyl (C=O) groups excluding carboxylic acids is 1. The summed E-state index contributed by atoms with van der Waals surface area (Å²) in [6.07, 6.45) is 1.32. The molecule has 160 valence electrons. The quantitative estimate of drug-likeness (QED) is 0.500. The second-order valence-corrected chi connectivity index (χ2v) is 7.49. The van der Waals surface area contributed by atoms with E-state index in [0.717, 1.165) is 29.7 Å². The van der Waals surface area contributed by atoms with Gasteiger partial charge in [0.2, 0.25) is 0 Å². The average molecular weight is 413 g/mol. The molecule has 3 N–H and O–H groups in total. The number of carbonyl (C=O) groups is 1. The summed E-state index contributed by atoms with van der Waals surface area (Å²) in [6, 6.07) is 12.8. The van der Waals surface area contributed by atoms with Gasteiger partial charge in [-0.15, -0.1) is 0 Å². The zero-order chi connectivity index (χ0) is 21.5. The molecule has 2 aromatic rings. The zero-order valence-corrected chi connectivity index (χ0v) is 17.7. The lowest BCUT2D eigenvalue weighted by molar-refractivity contribution is -0.124. The number of nitrogens with zero attached hydrogens (tertiary/aromatic N) is 1. The normalized spacial score (nSPS) is 17.5. The summed E-state index contributed by atoms with van der Waals surface area (Å²) in [5.41, 5.74) is 3.21. The summed E-state index contributed by atoms with van der Waals surface area (Å²) in [5.74, 6) is 0.289. The van der Waals surface area contributed by atoms with Crippen LogP contribution in [0, 0.1) is 12.7 Å². The van der Waals surface area contributed by atoms with Crippen LogP contribution < -0.4 is 16.0 Å². The Morgan fingerprint density at radius 1 is 1.30 bits per heavy atom. The van der Waals surface area contributed by atoms with E-state index >= 15 is 0 Å². The van der Waals surface area contributed by atoms with Crippen LogP contribution in [0.15, 0.2) is 47.5 Å². The Kier molecular flexibility index (Phi) is 7.41. The van der Waals surface area contributed by atoms with Crippen LogP contribution in [0.2, 0.25) is 0 Å². The molecule has 0 bridgehead atoms. The van der Waals surface area contributed by atoms with Gasteiger partial charge in [-0.25, -0.2) is 4.39 Å². The minimum absolute atomic E-state index is 0.103. The number of aryl methyl sites for hydroxylation is 1. The Morgan fingerprint density at radius 3 is 2.83 bits per heavy atom. The van der Waals surface area contributed by atoms with Gasteiger partial charge in [-0.2, -0.15) is 0 Å². The molecule has 0 spiro atoms. The Labute approximate surface area is 176 Å². The van der Waals surface area contributed by atoms with Crippen LogP contribution in [0.1, 0.15) is 42.5 Å². The first-order valence-corrected chi connectivity index (χ1v) is 10.2. The van der Waals surface area contributed by atoms with Gasteiger partial charge in [0.1, 0.15) is 11.9 Å². The fourth-order valence-corrected chi connectivity index (χ4v) is 3.31. The van der Waals surface area contributed by atoms with Gasteiger partial charge in [0.05, 0.1) is 6.04 Å². The zero-order valence-electron chi connectivity index (χ0n) is 17.7. The number of aliphatic imine (C=N–C) groups is 1. The third-order valence-corrected chi connectivity index (χ3v) is 5.15. The second kappa shape index (κ2) is 10.2. The van der Waals surface area contributed by atoms with Crippen molar-refractivity contribution in [2.45, 2.75) is 45.4 Å². The van der Waals surface area contributed by atoms with E-state index in [1.807, 2.05) is 37.3 Å². The number of guanidine groups is 1. The third kappa shape index (κ3) is 5.79. The van der Waals surface area contributed by atoms with Crippen molar-refractivity contribution in [3.8, 4) is 0 Å². The largest absolute Gasteiger partial charge is 0.368 e. The van der Waals surface area contributed by atoms with Gasteiger partial charge >= 0.3 is 0 Å². The molecule has 0 saturated carbocycles. The molecule has 0 aliphatic carbocycles. The molecule has 0 aromatic heterocycles. The van der Waals surface area contributed by atoms with Gasteiger partial charge in [-0.05, 0) is 61.6 Å². The lowest BCUT2D eigenvalue weighted by atomic mass is 10.1. The van der Waals surface area contributed by atoms with Crippen LogP contribution in [0.4, 0.5) is 10.1 Å². The van der Waals surface area contributed by atoms with Crippen LogP contribution in [-0.4, -0.2) is 31.6 Å². The van der Waals surface area contributed by atoms with Gasteiger partial charge in [-0.1, -0.05) is 24.3 Å². The van der Waals surface area contributed by atoms with E-state index < -0.39 is 0 Å². The highest BCUT2D eigenvalue weighted by Crippen LogP contribution is 2.17. The van der Waals surface area contributed by atoms with E-state index in [1.165, 1.54) is 0 Å². The first-order valence-electron chi connectivity index (χ1n) is 10.2. The molecule has 0 radical (unpaired) electrons. The smallest absolute Gasteiger partial charge is 0.253 e. The van der Waals surface area contributed by atoms with Crippen molar-refractivity contribution in [1.82, 2.24) is 10.6 Å². The predicted octanol–water partition coefficient (Wildman–Crippen LogP) is 3.68. The van der Waals surface area contributed by atoms with E-state index in [9.17, 15) is 9.18 Å². The van der Waals surface area contributed by atoms with Crippen molar-refractivity contribution in [3.05, 3.63) is 65.0 Å².